The molecule has 4 rings (SSSR count). The summed E-state index contributed by atoms with van der Waals surface area (Å²) in [6.07, 6.45) is 3.15. The highest BCUT2D eigenvalue weighted by Gasteiger charge is 2.14. The van der Waals surface area contributed by atoms with Gasteiger partial charge in [0.1, 0.15) is 4.88 Å². The third-order valence-corrected chi connectivity index (χ3v) is 5.10. The van der Waals surface area contributed by atoms with Crippen LogP contribution >= 0.6 is 22.9 Å². The van der Waals surface area contributed by atoms with Crippen LogP contribution in [-0.4, -0.2) is 20.9 Å². The maximum Gasteiger partial charge on any atom is 0.267 e. The average Bonchev–Trinajstić information content (AvgIpc) is 3.13. The highest BCUT2D eigenvalue weighted by molar-refractivity contribution is 7.17. The van der Waals surface area contributed by atoms with Gasteiger partial charge in [0, 0.05) is 0 Å². The molecule has 2 aromatic carbocycles. The third-order valence-electron chi connectivity index (χ3n) is 3.87. The fourth-order valence-corrected chi connectivity index (χ4v) is 3.52. The standard InChI is InChI=1S/C19H14ClN5OS/c1-11-5-4-6-12(20)17(11)25-18(26)15-9-22-19(27-15)24-16-10-21-13-7-2-3-8-14(13)23-16/h2-10H,1H3,(H,25,26)(H,22,23,24). The summed E-state index contributed by atoms with van der Waals surface area (Å²) in [4.78, 5) is 26.1. The average molecular weight is 396 g/mol. The molecule has 1 amide bonds. The summed E-state index contributed by atoms with van der Waals surface area (Å²) in [6, 6.07) is 13.1. The fourth-order valence-electron chi connectivity index (χ4n) is 2.53. The molecule has 2 heterocycles. The predicted molar refractivity (Wildman–Crippen MR) is 109 cm³/mol. The molecule has 134 valence electrons. The number of halogens is 1. The monoisotopic (exact) mass is 395 g/mol. The zero-order valence-electron chi connectivity index (χ0n) is 14.2. The smallest absolute Gasteiger partial charge is 0.267 e. The minimum atomic E-state index is -0.263. The van der Waals surface area contributed by atoms with Crippen molar-refractivity contribution in [3.8, 4) is 0 Å². The number of rotatable bonds is 4. The number of hydrogen-bond donors (Lipinski definition) is 2. The number of para-hydroxylation sites is 3. The molecule has 0 spiro atoms. The van der Waals surface area contributed by atoms with Crippen molar-refractivity contribution in [1.29, 1.82) is 0 Å². The number of nitrogens with zero attached hydrogens (tertiary/aromatic N) is 3. The Morgan fingerprint density at radius 2 is 1.85 bits per heavy atom. The van der Waals surface area contributed by atoms with Crippen LogP contribution in [0.25, 0.3) is 11.0 Å². The molecule has 0 aliphatic carbocycles. The van der Waals surface area contributed by atoms with E-state index in [1.165, 1.54) is 17.5 Å². The van der Waals surface area contributed by atoms with Crippen LogP contribution in [-0.2, 0) is 0 Å². The van der Waals surface area contributed by atoms with Crippen molar-refractivity contribution in [2.45, 2.75) is 6.92 Å². The summed E-state index contributed by atoms with van der Waals surface area (Å²) in [5.41, 5.74) is 3.10. The van der Waals surface area contributed by atoms with E-state index in [1.807, 2.05) is 43.3 Å². The van der Waals surface area contributed by atoms with E-state index in [2.05, 4.69) is 25.6 Å². The molecule has 0 aliphatic heterocycles. The molecule has 4 aromatic rings. The van der Waals surface area contributed by atoms with Crippen LogP contribution in [0.1, 0.15) is 15.2 Å². The summed E-state index contributed by atoms with van der Waals surface area (Å²) < 4.78 is 0. The topological polar surface area (TPSA) is 79.8 Å². The summed E-state index contributed by atoms with van der Waals surface area (Å²) in [7, 11) is 0. The molecule has 2 aromatic heterocycles. The Bertz CT molecular complexity index is 1120. The van der Waals surface area contributed by atoms with E-state index in [9.17, 15) is 4.79 Å². The summed E-state index contributed by atoms with van der Waals surface area (Å²) in [6.45, 7) is 1.89. The lowest BCUT2D eigenvalue weighted by Crippen LogP contribution is -2.11. The quantitative estimate of drug-likeness (QED) is 0.505. The lowest BCUT2D eigenvalue weighted by molar-refractivity contribution is 0.103. The van der Waals surface area contributed by atoms with Crippen molar-refractivity contribution in [3.05, 3.63) is 70.3 Å². The molecular weight excluding hydrogens is 382 g/mol. The van der Waals surface area contributed by atoms with Gasteiger partial charge in [-0.05, 0) is 30.7 Å². The second-order valence-electron chi connectivity index (χ2n) is 5.78. The molecule has 0 fully saturated rings. The van der Waals surface area contributed by atoms with Gasteiger partial charge in [-0.25, -0.2) is 9.97 Å². The van der Waals surface area contributed by atoms with E-state index in [0.29, 0.717) is 26.5 Å². The van der Waals surface area contributed by atoms with Gasteiger partial charge in [0.25, 0.3) is 5.91 Å². The molecule has 0 saturated heterocycles. The van der Waals surface area contributed by atoms with Crippen LogP contribution in [0.5, 0.6) is 0 Å². The van der Waals surface area contributed by atoms with Gasteiger partial charge in [-0.1, -0.05) is 47.2 Å². The van der Waals surface area contributed by atoms with Crippen LogP contribution in [0.2, 0.25) is 5.02 Å². The first-order valence-electron chi connectivity index (χ1n) is 8.11. The number of carbonyl (C=O) groups is 1. The maximum atomic E-state index is 12.5. The Morgan fingerprint density at radius 1 is 1.04 bits per heavy atom. The van der Waals surface area contributed by atoms with Crippen molar-refractivity contribution >= 4 is 56.5 Å². The van der Waals surface area contributed by atoms with Crippen LogP contribution in [0.15, 0.2) is 54.9 Å². The summed E-state index contributed by atoms with van der Waals surface area (Å²) in [5.74, 6) is 0.304. The van der Waals surface area contributed by atoms with Crippen LogP contribution < -0.4 is 10.6 Å². The zero-order chi connectivity index (χ0) is 18.8. The number of benzene rings is 2. The number of hydrogen-bond acceptors (Lipinski definition) is 6. The lowest BCUT2D eigenvalue weighted by Gasteiger charge is -2.08. The molecule has 0 unspecified atom stereocenters. The van der Waals surface area contributed by atoms with E-state index in [1.54, 1.807) is 12.3 Å². The van der Waals surface area contributed by atoms with E-state index >= 15 is 0 Å². The second kappa shape index (κ2) is 7.30. The Morgan fingerprint density at radius 3 is 2.67 bits per heavy atom. The van der Waals surface area contributed by atoms with Crippen molar-refractivity contribution in [1.82, 2.24) is 15.0 Å². The van der Waals surface area contributed by atoms with Gasteiger partial charge >= 0.3 is 0 Å². The molecule has 0 aliphatic rings. The molecule has 0 bridgehead atoms. The van der Waals surface area contributed by atoms with Gasteiger partial charge in [-0.2, -0.15) is 0 Å². The number of carbonyl (C=O) groups excluding carboxylic acids is 1. The first-order chi connectivity index (χ1) is 13.1. The Labute approximate surface area is 164 Å². The largest absolute Gasteiger partial charge is 0.320 e. The first kappa shape index (κ1) is 17.4. The highest BCUT2D eigenvalue weighted by Crippen LogP contribution is 2.28. The number of aromatic nitrogens is 3. The minimum absolute atomic E-state index is 0.263. The number of nitrogens with one attached hydrogen (secondary N) is 2. The highest BCUT2D eigenvalue weighted by atomic mass is 35.5. The normalized spacial score (nSPS) is 10.7. The molecule has 27 heavy (non-hydrogen) atoms. The molecule has 0 atom stereocenters. The van der Waals surface area contributed by atoms with E-state index in [0.717, 1.165) is 16.6 Å². The van der Waals surface area contributed by atoms with E-state index in [4.69, 9.17) is 11.6 Å². The number of anilines is 3. The fraction of sp³-hybridized carbons (Fsp3) is 0.0526. The van der Waals surface area contributed by atoms with Gasteiger partial charge in [-0.3, -0.25) is 9.78 Å². The van der Waals surface area contributed by atoms with Crippen molar-refractivity contribution in [2.75, 3.05) is 10.6 Å². The molecule has 2 N–H and O–H groups in total. The Balaban J connectivity index is 1.51. The third kappa shape index (κ3) is 3.74. The Kier molecular flexibility index (Phi) is 4.70. The number of amides is 1. The van der Waals surface area contributed by atoms with Crippen LogP contribution in [0.4, 0.5) is 16.6 Å². The number of thiazole rings is 1. The molecule has 0 saturated carbocycles. The van der Waals surface area contributed by atoms with Gasteiger partial charge in [0.15, 0.2) is 10.9 Å². The van der Waals surface area contributed by atoms with Crippen LogP contribution in [0, 0.1) is 6.92 Å². The van der Waals surface area contributed by atoms with Gasteiger partial charge < -0.3 is 10.6 Å². The zero-order valence-corrected chi connectivity index (χ0v) is 15.8. The second-order valence-corrected chi connectivity index (χ2v) is 7.22. The van der Waals surface area contributed by atoms with E-state index in [-0.39, 0.29) is 5.91 Å². The predicted octanol–water partition coefficient (Wildman–Crippen LogP) is 5.04. The maximum absolute atomic E-state index is 12.5. The van der Waals surface area contributed by atoms with Gasteiger partial charge in [0.05, 0.1) is 34.1 Å². The van der Waals surface area contributed by atoms with Crippen molar-refractivity contribution in [2.24, 2.45) is 0 Å². The van der Waals surface area contributed by atoms with Crippen molar-refractivity contribution < 1.29 is 4.79 Å². The lowest BCUT2D eigenvalue weighted by atomic mass is 10.2. The van der Waals surface area contributed by atoms with Gasteiger partial charge in [-0.15, -0.1) is 0 Å². The Hall–Kier alpha value is -3.03. The molecular formula is C19H14ClN5OS. The SMILES string of the molecule is Cc1cccc(Cl)c1NC(=O)c1cnc(Nc2cnc3ccccc3n2)s1. The van der Waals surface area contributed by atoms with E-state index < -0.39 is 0 Å². The molecule has 6 nitrogen and oxygen atoms in total. The van der Waals surface area contributed by atoms with Crippen molar-refractivity contribution in [3.63, 3.8) is 0 Å². The molecule has 8 heteroatoms. The molecule has 0 radical (unpaired) electrons. The number of fused-ring (bicyclic) bond motifs is 1. The summed E-state index contributed by atoms with van der Waals surface area (Å²) >= 11 is 7.39. The van der Waals surface area contributed by atoms with Crippen LogP contribution in [0.3, 0.4) is 0 Å². The first-order valence-corrected chi connectivity index (χ1v) is 9.31. The summed E-state index contributed by atoms with van der Waals surface area (Å²) in [5, 5.41) is 6.98. The van der Waals surface area contributed by atoms with Gasteiger partial charge in [0.2, 0.25) is 0 Å². The number of aryl methyl sites for hydroxylation is 1. The minimum Gasteiger partial charge on any atom is -0.320 e.